The van der Waals surface area contributed by atoms with Gasteiger partial charge in [0.15, 0.2) is 17.5 Å². The molecule has 13 rings (SSSR count). The number of hydrogen-bond donors (Lipinski definition) is 0. The quantitative estimate of drug-likeness (QED) is 0.167. The highest BCUT2D eigenvalue weighted by Crippen LogP contribution is 2.42. The molecule has 13 aromatic rings. The lowest BCUT2D eigenvalue weighted by Crippen LogP contribution is -2.00. The normalized spacial score (nSPS) is 11.8. The van der Waals surface area contributed by atoms with Crippen molar-refractivity contribution in [3.05, 3.63) is 206 Å². The molecule has 0 amide bonds. The molecule has 0 spiro atoms. The number of rotatable bonds is 6. The second-order valence-corrected chi connectivity index (χ2v) is 15.9. The van der Waals surface area contributed by atoms with Crippen molar-refractivity contribution in [1.29, 1.82) is 0 Å². The maximum absolute atomic E-state index is 6.72. The van der Waals surface area contributed by atoms with Crippen LogP contribution < -0.4 is 0 Å². The number of benzene rings is 9. The van der Waals surface area contributed by atoms with E-state index in [9.17, 15) is 0 Å². The molecule has 63 heavy (non-hydrogen) atoms. The predicted octanol–water partition coefficient (Wildman–Crippen LogP) is 15.1. The molecule has 0 unspecified atom stereocenters. The van der Waals surface area contributed by atoms with Crippen LogP contribution in [-0.4, -0.2) is 19.5 Å². The Balaban J connectivity index is 0.965. The largest absolute Gasteiger partial charge is 0.456 e. The number of fused-ring (bicyclic) bond motifs is 9. The molecule has 9 aromatic carbocycles. The highest BCUT2D eigenvalue weighted by Gasteiger charge is 2.21. The average molecular weight is 807 g/mol. The Morgan fingerprint density at radius 1 is 0.302 bits per heavy atom. The van der Waals surface area contributed by atoms with Crippen LogP contribution in [0.5, 0.6) is 0 Å². The molecular formula is C57H34N4O2. The van der Waals surface area contributed by atoms with Gasteiger partial charge in [-0.05, 0) is 77.4 Å². The van der Waals surface area contributed by atoms with E-state index in [1.54, 1.807) is 0 Å². The first-order valence-corrected chi connectivity index (χ1v) is 21.1. The fourth-order valence-corrected chi connectivity index (χ4v) is 9.34. The van der Waals surface area contributed by atoms with E-state index in [2.05, 4.69) is 174 Å². The van der Waals surface area contributed by atoms with Crippen LogP contribution in [0.2, 0.25) is 0 Å². The first-order chi connectivity index (χ1) is 31.2. The smallest absolute Gasteiger partial charge is 0.164 e. The summed E-state index contributed by atoms with van der Waals surface area (Å²) in [6.07, 6.45) is 0. The topological polar surface area (TPSA) is 69.9 Å². The van der Waals surface area contributed by atoms with Crippen molar-refractivity contribution in [2.24, 2.45) is 0 Å². The van der Waals surface area contributed by atoms with Crippen LogP contribution in [0.4, 0.5) is 0 Å². The lowest BCUT2D eigenvalue weighted by atomic mass is 9.97. The van der Waals surface area contributed by atoms with Gasteiger partial charge < -0.3 is 13.4 Å². The van der Waals surface area contributed by atoms with Crippen molar-refractivity contribution in [3.63, 3.8) is 0 Å². The second-order valence-electron chi connectivity index (χ2n) is 15.9. The monoisotopic (exact) mass is 806 g/mol. The molecule has 4 aromatic heterocycles. The van der Waals surface area contributed by atoms with Gasteiger partial charge in [0.25, 0.3) is 0 Å². The van der Waals surface area contributed by atoms with Gasteiger partial charge in [0, 0.05) is 54.6 Å². The van der Waals surface area contributed by atoms with Gasteiger partial charge in [0.1, 0.15) is 22.3 Å². The lowest BCUT2D eigenvalue weighted by Gasteiger charge is -2.14. The van der Waals surface area contributed by atoms with Crippen LogP contribution in [0.25, 0.3) is 128 Å². The van der Waals surface area contributed by atoms with Crippen molar-refractivity contribution in [2.45, 2.75) is 0 Å². The molecule has 6 heteroatoms. The molecule has 0 atom stereocenters. The maximum atomic E-state index is 6.72. The van der Waals surface area contributed by atoms with Crippen molar-refractivity contribution in [3.8, 4) is 62.1 Å². The van der Waals surface area contributed by atoms with Gasteiger partial charge in [-0.1, -0.05) is 146 Å². The molecule has 0 bridgehead atoms. The zero-order valence-electron chi connectivity index (χ0n) is 33.7. The van der Waals surface area contributed by atoms with E-state index in [4.69, 9.17) is 23.8 Å². The molecule has 6 nitrogen and oxygen atoms in total. The summed E-state index contributed by atoms with van der Waals surface area (Å²) in [4.78, 5) is 15.4. The van der Waals surface area contributed by atoms with Crippen LogP contribution >= 0.6 is 0 Å². The van der Waals surface area contributed by atoms with Crippen molar-refractivity contribution >= 4 is 65.7 Å². The Bertz CT molecular complexity index is 3860. The first kappa shape index (κ1) is 35.2. The van der Waals surface area contributed by atoms with Crippen LogP contribution in [0.3, 0.4) is 0 Å². The summed E-state index contributed by atoms with van der Waals surface area (Å²) in [5, 5.41) is 6.59. The van der Waals surface area contributed by atoms with E-state index in [0.717, 1.165) is 88.5 Å². The van der Waals surface area contributed by atoms with E-state index in [1.807, 2.05) is 36.4 Å². The van der Waals surface area contributed by atoms with Gasteiger partial charge in [-0.3, -0.25) is 0 Å². The maximum Gasteiger partial charge on any atom is 0.164 e. The standard InChI is InChI=1S/C57H34N4O2/c1-2-13-35(14-3-1)36-25-27-37(28-26-36)55-58-56(38-30-32-51-46(33-38)43-18-7-11-23-50(43)62-51)60-57(59-55)39-29-31-45-53(34-39)63-52-24-12-19-44(54(45)52)42-17-6-10-22-49(42)61-47-20-8-4-15-40(47)41-16-5-9-21-48(41)61/h1-34H. The molecule has 0 fully saturated rings. The predicted molar refractivity (Wildman–Crippen MR) is 256 cm³/mol. The van der Waals surface area contributed by atoms with Gasteiger partial charge in [0.05, 0.1) is 16.7 Å². The number of nitrogens with zero attached hydrogens (tertiary/aromatic N) is 4. The Morgan fingerprint density at radius 3 is 1.60 bits per heavy atom. The fraction of sp³-hybridized carbons (Fsp3) is 0. The SMILES string of the molecule is c1ccc(-c2ccc(-c3nc(-c4ccc5c(c4)oc4cccc(-c6ccccc6-n6c7ccccc7c7ccccc76)c45)nc(-c4ccc5oc6ccccc6c5c4)n3)cc2)cc1. The Hall–Kier alpha value is -8.61. The lowest BCUT2D eigenvalue weighted by molar-refractivity contribution is 0.668. The third kappa shape index (κ3) is 5.69. The van der Waals surface area contributed by atoms with Gasteiger partial charge >= 0.3 is 0 Å². The third-order valence-electron chi connectivity index (χ3n) is 12.3. The summed E-state index contributed by atoms with van der Waals surface area (Å²) >= 11 is 0. The Labute approximate surface area is 361 Å². The minimum atomic E-state index is 0.554. The summed E-state index contributed by atoms with van der Waals surface area (Å²) in [7, 11) is 0. The van der Waals surface area contributed by atoms with Gasteiger partial charge in [-0.25, -0.2) is 15.0 Å². The minimum absolute atomic E-state index is 0.554. The number of aromatic nitrogens is 4. The van der Waals surface area contributed by atoms with E-state index < -0.39 is 0 Å². The molecule has 0 N–H and O–H groups in total. The molecule has 0 saturated heterocycles. The van der Waals surface area contributed by atoms with Gasteiger partial charge in [-0.2, -0.15) is 0 Å². The first-order valence-electron chi connectivity index (χ1n) is 21.1. The third-order valence-corrected chi connectivity index (χ3v) is 12.3. The molecule has 0 aliphatic heterocycles. The highest BCUT2D eigenvalue weighted by molar-refractivity contribution is 6.15. The van der Waals surface area contributed by atoms with Crippen molar-refractivity contribution < 1.29 is 8.83 Å². The summed E-state index contributed by atoms with van der Waals surface area (Å²) < 4.78 is 15.3. The van der Waals surface area contributed by atoms with Gasteiger partial charge in [-0.15, -0.1) is 0 Å². The van der Waals surface area contributed by atoms with Crippen LogP contribution in [-0.2, 0) is 0 Å². The highest BCUT2D eigenvalue weighted by atomic mass is 16.3. The molecule has 0 saturated carbocycles. The van der Waals surface area contributed by atoms with Crippen LogP contribution in [0.15, 0.2) is 215 Å². The Kier molecular flexibility index (Phi) is 7.80. The number of para-hydroxylation sites is 4. The van der Waals surface area contributed by atoms with E-state index in [0.29, 0.717) is 17.5 Å². The molecular weight excluding hydrogens is 773 g/mol. The summed E-state index contributed by atoms with van der Waals surface area (Å²) in [6.45, 7) is 0. The van der Waals surface area contributed by atoms with E-state index >= 15 is 0 Å². The fourth-order valence-electron chi connectivity index (χ4n) is 9.34. The van der Waals surface area contributed by atoms with E-state index in [-0.39, 0.29) is 0 Å². The Morgan fingerprint density at radius 2 is 0.825 bits per heavy atom. The van der Waals surface area contributed by atoms with Crippen LogP contribution in [0, 0.1) is 0 Å². The van der Waals surface area contributed by atoms with E-state index in [1.165, 1.54) is 21.8 Å². The molecule has 294 valence electrons. The summed E-state index contributed by atoms with van der Waals surface area (Å²) in [5.41, 5.74) is 13.8. The van der Waals surface area contributed by atoms with Crippen LogP contribution in [0.1, 0.15) is 0 Å². The molecule has 0 aliphatic carbocycles. The summed E-state index contributed by atoms with van der Waals surface area (Å²) in [5.74, 6) is 1.71. The number of hydrogen-bond acceptors (Lipinski definition) is 5. The minimum Gasteiger partial charge on any atom is -0.456 e. The average Bonchev–Trinajstić information content (AvgIpc) is 4.03. The van der Waals surface area contributed by atoms with Crippen molar-refractivity contribution in [2.75, 3.05) is 0 Å². The number of furan rings is 2. The summed E-state index contributed by atoms with van der Waals surface area (Å²) in [6, 6.07) is 71.6. The molecule has 0 aliphatic rings. The molecule has 4 heterocycles. The second kappa shape index (κ2) is 14.0. The molecule has 0 radical (unpaired) electrons. The van der Waals surface area contributed by atoms with Crippen molar-refractivity contribution in [1.82, 2.24) is 19.5 Å². The van der Waals surface area contributed by atoms with Gasteiger partial charge in [0.2, 0.25) is 0 Å². The zero-order valence-corrected chi connectivity index (χ0v) is 33.7. The zero-order chi connectivity index (χ0) is 41.4.